The SMILES string of the molecule is COC(=O)Cn1c(CNC(=O)c2cccc(Cl)c2)nc2ccccc21. The standard InChI is InChI=1S/C18H16ClN3O3/c1-25-17(23)11-22-15-8-3-2-7-14(15)21-16(22)10-20-18(24)12-5-4-6-13(19)9-12/h2-9H,10-11H2,1H3,(H,20,24). The smallest absolute Gasteiger partial charge is 0.325 e. The van der Waals surface area contributed by atoms with Gasteiger partial charge in [0, 0.05) is 10.6 Å². The second-order valence-electron chi connectivity index (χ2n) is 5.37. The number of aromatic nitrogens is 2. The molecule has 0 aliphatic carbocycles. The third-order valence-corrected chi connectivity index (χ3v) is 3.98. The van der Waals surface area contributed by atoms with Gasteiger partial charge in [0.15, 0.2) is 0 Å². The molecule has 0 spiro atoms. The Labute approximate surface area is 149 Å². The molecule has 2 aromatic carbocycles. The molecule has 7 heteroatoms. The summed E-state index contributed by atoms with van der Waals surface area (Å²) in [7, 11) is 1.34. The lowest BCUT2D eigenvalue weighted by atomic mass is 10.2. The lowest BCUT2D eigenvalue weighted by Crippen LogP contribution is -2.25. The average Bonchev–Trinajstić information content (AvgIpc) is 2.97. The van der Waals surface area contributed by atoms with Gasteiger partial charge in [-0.05, 0) is 30.3 Å². The molecule has 3 aromatic rings. The number of halogens is 1. The fourth-order valence-corrected chi connectivity index (χ4v) is 2.71. The van der Waals surface area contributed by atoms with E-state index < -0.39 is 0 Å². The molecule has 6 nitrogen and oxygen atoms in total. The van der Waals surface area contributed by atoms with Crippen LogP contribution in [0, 0.1) is 0 Å². The van der Waals surface area contributed by atoms with Gasteiger partial charge in [-0.3, -0.25) is 9.59 Å². The molecule has 0 saturated heterocycles. The van der Waals surface area contributed by atoms with Gasteiger partial charge in [0.05, 0.1) is 24.7 Å². The van der Waals surface area contributed by atoms with Gasteiger partial charge in [-0.2, -0.15) is 0 Å². The summed E-state index contributed by atoms with van der Waals surface area (Å²) in [4.78, 5) is 28.5. The van der Waals surface area contributed by atoms with Crippen molar-refractivity contribution in [3.05, 3.63) is 64.9 Å². The second-order valence-corrected chi connectivity index (χ2v) is 5.81. The van der Waals surface area contributed by atoms with Crippen LogP contribution in [-0.4, -0.2) is 28.5 Å². The first kappa shape index (κ1) is 17.0. The molecule has 0 aliphatic rings. The monoisotopic (exact) mass is 357 g/mol. The maximum Gasteiger partial charge on any atom is 0.325 e. The number of benzene rings is 2. The number of hydrogen-bond acceptors (Lipinski definition) is 4. The van der Waals surface area contributed by atoms with E-state index in [1.807, 2.05) is 24.3 Å². The summed E-state index contributed by atoms with van der Waals surface area (Å²) >= 11 is 5.91. The van der Waals surface area contributed by atoms with Gasteiger partial charge in [-0.1, -0.05) is 29.8 Å². The molecule has 3 rings (SSSR count). The molecule has 128 valence electrons. The summed E-state index contributed by atoms with van der Waals surface area (Å²) in [5.74, 6) is -0.0771. The van der Waals surface area contributed by atoms with Crippen LogP contribution in [0.5, 0.6) is 0 Å². The number of amides is 1. The summed E-state index contributed by atoms with van der Waals surface area (Å²) in [5.41, 5.74) is 2.02. The number of carbonyl (C=O) groups is 2. The summed E-state index contributed by atoms with van der Waals surface area (Å²) in [6, 6.07) is 14.1. The fraction of sp³-hybridized carbons (Fsp3) is 0.167. The number of ether oxygens (including phenoxy) is 1. The normalized spacial score (nSPS) is 10.6. The van der Waals surface area contributed by atoms with E-state index in [4.69, 9.17) is 16.3 Å². The molecule has 1 amide bonds. The number of fused-ring (bicyclic) bond motifs is 1. The molecule has 1 heterocycles. The lowest BCUT2D eigenvalue weighted by Gasteiger charge is -2.09. The number of carbonyl (C=O) groups excluding carboxylic acids is 2. The summed E-state index contributed by atoms with van der Waals surface area (Å²) in [6.45, 7) is 0.205. The molecule has 0 atom stereocenters. The topological polar surface area (TPSA) is 73.2 Å². The highest BCUT2D eigenvalue weighted by molar-refractivity contribution is 6.30. The minimum atomic E-state index is -0.384. The van der Waals surface area contributed by atoms with Gasteiger partial charge < -0.3 is 14.6 Å². The maximum absolute atomic E-state index is 12.3. The zero-order valence-corrected chi connectivity index (χ0v) is 14.3. The van der Waals surface area contributed by atoms with Gasteiger partial charge in [-0.25, -0.2) is 4.98 Å². The number of nitrogens with one attached hydrogen (secondary N) is 1. The van der Waals surface area contributed by atoms with Gasteiger partial charge in [0.25, 0.3) is 5.91 Å². The van der Waals surface area contributed by atoms with E-state index in [1.165, 1.54) is 7.11 Å². The van der Waals surface area contributed by atoms with Crippen LogP contribution in [0.25, 0.3) is 11.0 Å². The van der Waals surface area contributed by atoms with E-state index in [2.05, 4.69) is 10.3 Å². The molecule has 0 fully saturated rings. The molecule has 0 bridgehead atoms. The van der Waals surface area contributed by atoms with E-state index in [0.29, 0.717) is 16.4 Å². The molecular weight excluding hydrogens is 342 g/mol. The van der Waals surface area contributed by atoms with E-state index in [1.54, 1.807) is 28.8 Å². The minimum Gasteiger partial charge on any atom is -0.468 e. The number of rotatable bonds is 5. The van der Waals surface area contributed by atoms with Crippen LogP contribution in [0.15, 0.2) is 48.5 Å². The van der Waals surface area contributed by atoms with Crippen LogP contribution in [0.2, 0.25) is 5.02 Å². The summed E-state index contributed by atoms with van der Waals surface area (Å²) < 4.78 is 6.48. The van der Waals surface area contributed by atoms with Crippen molar-refractivity contribution < 1.29 is 14.3 Å². The highest BCUT2D eigenvalue weighted by Gasteiger charge is 2.15. The first-order valence-electron chi connectivity index (χ1n) is 7.63. The average molecular weight is 358 g/mol. The van der Waals surface area contributed by atoms with Gasteiger partial charge in [0.1, 0.15) is 12.4 Å². The number of nitrogens with zero attached hydrogens (tertiary/aromatic N) is 2. The third-order valence-electron chi connectivity index (χ3n) is 3.74. The first-order valence-corrected chi connectivity index (χ1v) is 8.01. The Balaban J connectivity index is 1.84. The van der Waals surface area contributed by atoms with Crippen LogP contribution in [-0.2, 0) is 22.6 Å². The van der Waals surface area contributed by atoms with Crippen LogP contribution in [0.3, 0.4) is 0 Å². The van der Waals surface area contributed by atoms with Crippen molar-refractivity contribution in [2.24, 2.45) is 0 Å². The number of methoxy groups -OCH3 is 1. The van der Waals surface area contributed by atoms with E-state index in [0.717, 1.165) is 11.0 Å². The molecule has 0 aliphatic heterocycles. The zero-order chi connectivity index (χ0) is 17.8. The second kappa shape index (κ2) is 7.36. The molecule has 0 saturated carbocycles. The van der Waals surface area contributed by atoms with Crippen molar-refractivity contribution in [2.45, 2.75) is 13.1 Å². The number of imidazole rings is 1. The fourth-order valence-electron chi connectivity index (χ4n) is 2.52. The molecule has 1 aromatic heterocycles. The van der Waals surface area contributed by atoms with Gasteiger partial charge >= 0.3 is 5.97 Å². The van der Waals surface area contributed by atoms with Crippen LogP contribution in [0.1, 0.15) is 16.2 Å². The molecule has 25 heavy (non-hydrogen) atoms. The van der Waals surface area contributed by atoms with Crippen LogP contribution in [0.4, 0.5) is 0 Å². The first-order chi connectivity index (χ1) is 12.1. The Morgan fingerprint density at radius 3 is 2.76 bits per heavy atom. The van der Waals surface area contributed by atoms with Crippen LogP contribution >= 0.6 is 11.6 Å². The third kappa shape index (κ3) is 3.80. The zero-order valence-electron chi connectivity index (χ0n) is 13.5. The van der Waals surface area contributed by atoms with E-state index in [-0.39, 0.29) is 25.0 Å². The largest absolute Gasteiger partial charge is 0.468 e. The highest BCUT2D eigenvalue weighted by Crippen LogP contribution is 2.16. The molecule has 0 unspecified atom stereocenters. The van der Waals surface area contributed by atoms with Crippen molar-refractivity contribution in [1.29, 1.82) is 0 Å². The Morgan fingerprint density at radius 1 is 1.20 bits per heavy atom. The Kier molecular flexibility index (Phi) is 5.00. The summed E-state index contributed by atoms with van der Waals surface area (Å²) in [5, 5.41) is 3.29. The quantitative estimate of drug-likeness (QED) is 0.713. The highest BCUT2D eigenvalue weighted by atomic mass is 35.5. The molecule has 1 N–H and O–H groups in total. The van der Waals surface area contributed by atoms with Crippen molar-refractivity contribution in [3.8, 4) is 0 Å². The Hall–Kier alpha value is -2.86. The maximum atomic E-state index is 12.3. The predicted molar refractivity (Wildman–Crippen MR) is 94.4 cm³/mol. The predicted octanol–water partition coefficient (Wildman–Crippen LogP) is 2.79. The summed E-state index contributed by atoms with van der Waals surface area (Å²) in [6.07, 6.45) is 0. The lowest BCUT2D eigenvalue weighted by molar-refractivity contribution is -0.141. The van der Waals surface area contributed by atoms with Gasteiger partial charge in [0.2, 0.25) is 0 Å². The number of para-hydroxylation sites is 2. The van der Waals surface area contributed by atoms with Crippen LogP contribution < -0.4 is 5.32 Å². The van der Waals surface area contributed by atoms with Crippen molar-refractivity contribution >= 4 is 34.5 Å². The number of hydrogen-bond donors (Lipinski definition) is 1. The van der Waals surface area contributed by atoms with Crippen molar-refractivity contribution in [2.75, 3.05) is 7.11 Å². The Morgan fingerprint density at radius 2 is 2.00 bits per heavy atom. The molecule has 0 radical (unpaired) electrons. The van der Waals surface area contributed by atoms with Crippen molar-refractivity contribution in [3.63, 3.8) is 0 Å². The van der Waals surface area contributed by atoms with Gasteiger partial charge in [-0.15, -0.1) is 0 Å². The minimum absolute atomic E-state index is 0.0272. The number of esters is 1. The Bertz CT molecular complexity index is 936. The van der Waals surface area contributed by atoms with Crippen molar-refractivity contribution in [1.82, 2.24) is 14.9 Å². The van der Waals surface area contributed by atoms with E-state index in [9.17, 15) is 9.59 Å². The van der Waals surface area contributed by atoms with E-state index >= 15 is 0 Å². The molecular formula is C18H16ClN3O3.